The minimum Gasteiger partial charge on any atom is -0.459 e. The predicted molar refractivity (Wildman–Crippen MR) is 167 cm³/mol. The van der Waals surface area contributed by atoms with Gasteiger partial charge in [-0.3, -0.25) is 4.79 Å². The number of ether oxygens (including phenoxy) is 1. The van der Waals surface area contributed by atoms with Gasteiger partial charge in [-0.25, -0.2) is 0 Å². The number of rotatable bonds is 23. The summed E-state index contributed by atoms with van der Waals surface area (Å²) in [5.74, 6) is 13.0. The van der Waals surface area contributed by atoms with E-state index in [0.29, 0.717) is 12.3 Å². The molecule has 0 aromatic carbocycles. The van der Waals surface area contributed by atoms with Crippen LogP contribution < -0.4 is 5.32 Å². The van der Waals surface area contributed by atoms with Gasteiger partial charge in [-0.15, -0.1) is 0 Å². The van der Waals surface area contributed by atoms with E-state index in [1.54, 1.807) is 0 Å². The van der Waals surface area contributed by atoms with Crippen LogP contribution in [-0.4, -0.2) is 24.7 Å². The molecule has 3 heteroatoms. The lowest BCUT2D eigenvalue weighted by molar-refractivity contribution is -0.665. The Hall–Kier alpha value is -1.45. The Labute approximate surface area is 243 Å². The zero-order valence-corrected chi connectivity index (χ0v) is 26.4. The van der Waals surface area contributed by atoms with E-state index < -0.39 is 0 Å². The Morgan fingerprint density at radius 3 is 1.54 bits per heavy atom. The molecule has 0 amide bonds. The normalized spacial score (nSPS) is 13.8. The van der Waals surface area contributed by atoms with Crippen LogP contribution in [0.25, 0.3) is 0 Å². The van der Waals surface area contributed by atoms with Crippen LogP contribution in [0.5, 0.6) is 0 Å². The van der Waals surface area contributed by atoms with E-state index in [1.807, 2.05) is 0 Å². The van der Waals surface area contributed by atoms with Crippen molar-refractivity contribution < 1.29 is 14.8 Å². The Kier molecular flexibility index (Phi) is 23.3. The van der Waals surface area contributed by atoms with E-state index in [2.05, 4.69) is 49.8 Å². The highest BCUT2D eigenvalue weighted by Gasteiger charge is 2.35. The Balaban J connectivity index is 1.84. The largest absolute Gasteiger partial charge is 0.459 e. The van der Waals surface area contributed by atoms with E-state index in [1.165, 1.54) is 103 Å². The maximum Gasteiger partial charge on any atom is 0.306 e. The molecule has 3 nitrogen and oxygen atoms in total. The van der Waals surface area contributed by atoms with Crippen LogP contribution in [0.2, 0.25) is 0 Å². The Bertz CT molecular complexity index is 699. The number of unbranched alkanes of at least 4 members (excludes halogenated alkanes) is 19. The molecule has 2 N–H and O–H groups in total. The van der Waals surface area contributed by atoms with Gasteiger partial charge >= 0.3 is 5.97 Å². The summed E-state index contributed by atoms with van der Waals surface area (Å²) in [6.07, 6.45) is 29.8. The third-order valence-electron chi connectivity index (χ3n) is 8.38. The van der Waals surface area contributed by atoms with Crippen LogP contribution in [-0.2, 0) is 9.53 Å². The molecule has 1 saturated heterocycles. The molecule has 0 bridgehead atoms. The molecular formula is C36H64NO2+. The lowest BCUT2D eigenvalue weighted by atomic mass is 9.83. The van der Waals surface area contributed by atoms with E-state index in [4.69, 9.17) is 4.74 Å². The molecule has 0 aliphatic carbocycles. The highest BCUT2D eigenvalue weighted by atomic mass is 16.6. The molecule has 39 heavy (non-hydrogen) atoms. The predicted octanol–water partition coefficient (Wildman–Crippen LogP) is 8.89. The first-order valence-electron chi connectivity index (χ1n) is 17.1. The van der Waals surface area contributed by atoms with Gasteiger partial charge in [0.15, 0.2) is 0 Å². The van der Waals surface area contributed by atoms with Crippen molar-refractivity contribution in [3.63, 3.8) is 0 Å². The third kappa shape index (κ3) is 22.0. The summed E-state index contributed by atoms with van der Waals surface area (Å²) < 4.78 is 5.85. The fourth-order valence-electron chi connectivity index (χ4n) is 5.68. The standard InChI is InChI=1S/C36H63NO2/c1-4-5-6-7-8-9-10-11-12-13-14-15-16-17-18-19-20-21-22-23-24-25-26-27-28-29-35(38)39-36(2,3)34-30-32-37-33-31-34/h34,37H,4-17,22-33H2,1-3H3/p+1. The summed E-state index contributed by atoms with van der Waals surface area (Å²) in [5, 5.41) is 2.36. The van der Waals surface area contributed by atoms with E-state index in [-0.39, 0.29) is 11.6 Å². The van der Waals surface area contributed by atoms with Crippen LogP contribution in [0.15, 0.2) is 0 Å². The summed E-state index contributed by atoms with van der Waals surface area (Å²) >= 11 is 0. The maximum atomic E-state index is 12.3. The number of esters is 1. The molecule has 0 atom stereocenters. The molecule has 0 aromatic heterocycles. The minimum atomic E-state index is -0.317. The second kappa shape index (κ2) is 25.5. The smallest absolute Gasteiger partial charge is 0.306 e. The van der Waals surface area contributed by atoms with Crippen LogP contribution in [0, 0.1) is 29.6 Å². The fraction of sp³-hybridized carbons (Fsp3) is 0.861. The zero-order chi connectivity index (χ0) is 28.3. The first-order chi connectivity index (χ1) is 19.1. The van der Waals surface area contributed by atoms with E-state index in [9.17, 15) is 4.79 Å². The summed E-state index contributed by atoms with van der Waals surface area (Å²) in [4.78, 5) is 12.3. The van der Waals surface area contributed by atoms with Gasteiger partial charge in [0.2, 0.25) is 0 Å². The van der Waals surface area contributed by atoms with Gasteiger partial charge in [0.25, 0.3) is 0 Å². The first kappa shape index (κ1) is 35.6. The lowest BCUT2D eigenvalue weighted by Gasteiger charge is -2.35. The molecule has 1 aliphatic rings. The molecule has 0 aromatic rings. The van der Waals surface area contributed by atoms with Gasteiger partial charge in [0.05, 0.1) is 13.1 Å². The molecule has 1 heterocycles. The molecule has 0 unspecified atom stereocenters. The average Bonchev–Trinajstić information content (AvgIpc) is 2.93. The highest BCUT2D eigenvalue weighted by Crippen LogP contribution is 2.28. The van der Waals surface area contributed by atoms with Crippen molar-refractivity contribution in [2.24, 2.45) is 5.92 Å². The number of nitrogens with two attached hydrogens (primary N) is 1. The molecule has 1 aliphatic heterocycles. The maximum absolute atomic E-state index is 12.3. The monoisotopic (exact) mass is 542 g/mol. The van der Waals surface area contributed by atoms with Crippen LogP contribution >= 0.6 is 0 Å². The molecule has 0 saturated carbocycles. The number of carbonyl (C=O) groups is 1. The summed E-state index contributed by atoms with van der Waals surface area (Å²) in [5.41, 5.74) is -0.317. The Morgan fingerprint density at radius 2 is 1.08 bits per heavy atom. The molecule has 1 fully saturated rings. The van der Waals surface area contributed by atoms with Crippen LogP contribution in [0.3, 0.4) is 0 Å². The number of hydrogen-bond donors (Lipinski definition) is 1. The van der Waals surface area contributed by atoms with Gasteiger partial charge in [0.1, 0.15) is 5.60 Å². The van der Waals surface area contributed by atoms with Crippen molar-refractivity contribution in [3.05, 3.63) is 0 Å². The quantitative estimate of drug-likeness (QED) is 0.0796. The number of quaternary nitrogens is 1. The molecule has 0 spiro atoms. The minimum absolute atomic E-state index is 0.0139. The fourth-order valence-corrected chi connectivity index (χ4v) is 5.68. The Morgan fingerprint density at radius 1 is 0.667 bits per heavy atom. The molecule has 224 valence electrons. The molecule has 1 rings (SSSR count). The van der Waals surface area contributed by atoms with Crippen molar-refractivity contribution in [2.75, 3.05) is 13.1 Å². The molecular weight excluding hydrogens is 478 g/mol. The van der Waals surface area contributed by atoms with Crippen LogP contribution in [0.1, 0.15) is 175 Å². The van der Waals surface area contributed by atoms with Crippen molar-refractivity contribution in [1.29, 1.82) is 0 Å². The number of carbonyl (C=O) groups excluding carboxylic acids is 1. The second-order valence-electron chi connectivity index (χ2n) is 12.4. The SMILES string of the molecule is CCCCCCCCCCCCCCCC#CC#CCCCCCCCCC(=O)OC(C)(C)C1CC[NH2+]CC1. The van der Waals surface area contributed by atoms with Crippen molar-refractivity contribution in [2.45, 2.75) is 180 Å². The topological polar surface area (TPSA) is 42.9 Å². The first-order valence-corrected chi connectivity index (χ1v) is 17.1. The van der Waals surface area contributed by atoms with Crippen molar-refractivity contribution in [1.82, 2.24) is 0 Å². The highest BCUT2D eigenvalue weighted by molar-refractivity contribution is 5.69. The third-order valence-corrected chi connectivity index (χ3v) is 8.38. The average molecular weight is 543 g/mol. The summed E-state index contributed by atoms with van der Waals surface area (Å²) in [6.45, 7) is 8.79. The van der Waals surface area contributed by atoms with E-state index in [0.717, 1.165) is 58.0 Å². The van der Waals surface area contributed by atoms with Crippen LogP contribution in [0.4, 0.5) is 0 Å². The lowest BCUT2D eigenvalue weighted by Crippen LogP contribution is -2.86. The zero-order valence-electron chi connectivity index (χ0n) is 26.4. The van der Waals surface area contributed by atoms with Gasteiger partial charge < -0.3 is 10.1 Å². The van der Waals surface area contributed by atoms with Gasteiger partial charge in [-0.05, 0) is 45.0 Å². The number of hydrogen-bond acceptors (Lipinski definition) is 2. The van der Waals surface area contributed by atoms with Gasteiger partial charge in [-0.1, -0.05) is 121 Å². The van der Waals surface area contributed by atoms with Crippen molar-refractivity contribution >= 4 is 5.97 Å². The molecule has 0 radical (unpaired) electrons. The van der Waals surface area contributed by atoms with E-state index >= 15 is 0 Å². The van der Waals surface area contributed by atoms with Gasteiger partial charge in [0, 0.05) is 38.0 Å². The summed E-state index contributed by atoms with van der Waals surface area (Å²) in [6, 6.07) is 0. The summed E-state index contributed by atoms with van der Waals surface area (Å²) in [7, 11) is 0. The van der Waals surface area contributed by atoms with Gasteiger partial charge in [-0.2, -0.15) is 0 Å². The number of piperidine rings is 1. The van der Waals surface area contributed by atoms with Crippen molar-refractivity contribution in [3.8, 4) is 23.7 Å². The second-order valence-corrected chi connectivity index (χ2v) is 12.4.